The van der Waals surface area contributed by atoms with E-state index in [1.807, 2.05) is 29.3 Å². The fourth-order valence-corrected chi connectivity index (χ4v) is 6.89. The molecule has 4 aromatic rings. The second kappa shape index (κ2) is 15.4. The summed E-state index contributed by atoms with van der Waals surface area (Å²) >= 11 is 12.4. The lowest BCUT2D eigenvalue weighted by Crippen LogP contribution is -2.35. The molecule has 2 aliphatic heterocycles. The molecule has 0 saturated carbocycles. The SMILES string of the molecule is COc1cc2c(cc1OCCCCCCCCCOc1ccc3nc(C)n(-c4ccc(Cl)cc4Cl)c(=O)c3c1)N=C[C@@H]1CCCN1C2=O. The first kappa shape index (κ1) is 33.8. The number of fused-ring (bicyclic) bond motifs is 3. The van der Waals surface area contributed by atoms with Crippen molar-refractivity contribution in [3.8, 4) is 22.9 Å². The van der Waals surface area contributed by atoms with Crippen LogP contribution in [0.1, 0.15) is 74.0 Å². The first-order chi connectivity index (χ1) is 23.3. The third kappa shape index (κ3) is 7.47. The van der Waals surface area contributed by atoms with Gasteiger partial charge in [-0.25, -0.2) is 4.98 Å². The van der Waals surface area contributed by atoms with Crippen molar-refractivity contribution in [2.75, 3.05) is 26.9 Å². The van der Waals surface area contributed by atoms with E-state index >= 15 is 0 Å². The molecule has 1 fully saturated rings. The molecular formula is C37H40Cl2N4O5. The summed E-state index contributed by atoms with van der Waals surface area (Å²) in [5.41, 5.74) is 2.15. The van der Waals surface area contributed by atoms with Gasteiger partial charge in [0.05, 0.1) is 59.2 Å². The van der Waals surface area contributed by atoms with Gasteiger partial charge < -0.3 is 19.1 Å². The number of carbonyl (C=O) groups is 1. The van der Waals surface area contributed by atoms with E-state index in [9.17, 15) is 9.59 Å². The summed E-state index contributed by atoms with van der Waals surface area (Å²) < 4.78 is 19.1. The summed E-state index contributed by atoms with van der Waals surface area (Å²) in [5.74, 6) is 2.38. The number of hydrogen-bond acceptors (Lipinski definition) is 7. The molecule has 0 spiro atoms. The lowest BCUT2D eigenvalue weighted by molar-refractivity contribution is 0.0774. The zero-order valence-corrected chi connectivity index (χ0v) is 28.9. The minimum atomic E-state index is -0.208. The second-order valence-corrected chi connectivity index (χ2v) is 13.1. The topological polar surface area (TPSA) is 95.2 Å². The number of aromatic nitrogens is 2. The quantitative estimate of drug-likeness (QED) is 0.123. The summed E-state index contributed by atoms with van der Waals surface area (Å²) in [6.45, 7) is 3.70. The van der Waals surface area contributed by atoms with Crippen molar-refractivity contribution >= 4 is 51.9 Å². The van der Waals surface area contributed by atoms with Gasteiger partial charge in [-0.15, -0.1) is 0 Å². The summed E-state index contributed by atoms with van der Waals surface area (Å²) in [4.78, 5) is 37.6. The molecule has 11 heteroatoms. The molecule has 252 valence electrons. The highest BCUT2D eigenvalue weighted by molar-refractivity contribution is 6.35. The van der Waals surface area contributed by atoms with Gasteiger partial charge in [-0.3, -0.25) is 19.1 Å². The van der Waals surface area contributed by atoms with Gasteiger partial charge >= 0.3 is 0 Å². The van der Waals surface area contributed by atoms with E-state index in [4.69, 9.17) is 37.4 Å². The number of aryl methyl sites for hydroxylation is 1. The number of halogens is 2. The van der Waals surface area contributed by atoms with Crippen LogP contribution in [-0.4, -0.2) is 59.5 Å². The fourth-order valence-electron chi connectivity index (χ4n) is 6.39. The maximum absolute atomic E-state index is 13.4. The van der Waals surface area contributed by atoms with Gasteiger partial charge in [0.2, 0.25) is 0 Å². The lowest BCUT2D eigenvalue weighted by Gasteiger charge is -2.20. The molecule has 1 saturated heterocycles. The van der Waals surface area contributed by atoms with Crippen LogP contribution in [0.25, 0.3) is 16.6 Å². The zero-order chi connectivity index (χ0) is 33.6. The molecule has 0 unspecified atom stereocenters. The molecule has 9 nitrogen and oxygen atoms in total. The van der Waals surface area contributed by atoms with E-state index < -0.39 is 0 Å². The molecule has 48 heavy (non-hydrogen) atoms. The molecule has 0 aliphatic carbocycles. The van der Waals surface area contributed by atoms with E-state index in [0.717, 1.165) is 64.3 Å². The summed E-state index contributed by atoms with van der Waals surface area (Å²) in [6.07, 6.45) is 11.2. The standard InChI is InChI=1S/C37H40Cl2N4O5/c1-24-41-31-14-13-27(20-28(31)37(45)43(24)33-15-12-25(38)19-30(33)39)47-17-8-6-4-3-5-7-9-18-48-35-22-32-29(21-34(35)46-2)36(44)42-16-10-11-26(42)23-40-32/h12-15,19-23,26H,3-11,16-18H2,1-2H3/t26-/m0/s1. The van der Waals surface area contributed by atoms with Crippen LogP contribution < -0.4 is 19.8 Å². The van der Waals surface area contributed by atoms with E-state index in [1.54, 1.807) is 44.4 Å². The molecule has 0 radical (unpaired) electrons. The Morgan fingerprint density at radius 1 is 0.875 bits per heavy atom. The predicted molar refractivity (Wildman–Crippen MR) is 191 cm³/mol. The van der Waals surface area contributed by atoms with Crippen molar-refractivity contribution < 1.29 is 19.0 Å². The van der Waals surface area contributed by atoms with Crippen LogP contribution in [0.4, 0.5) is 5.69 Å². The molecular weight excluding hydrogens is 651 g/mol. The van der Waals surface area contributed by atoms with E-state index in [2.05, 4.69) is 9.98 Å². The number of hydrogen-bond donors (Lipinski definition) is 0. The van der Waals surface area contributed by atoms with Crippen molar-refractivity contribution in [3.05, 3.63) is 80.3 Å². The average Bonchev–Trinajstić information content (AvgIpc) is 3.51. The molecule has 0 bridgehead atoms. The molecule has 1 amide bonds. The van der Waals surface area contributed by atoms with Gasteiger partial charge in [-0.05, 0) is 75.1 Å². The van der Waals surface area contributed by atoms with Crippen molar-refractivity contribution in [1.82, 2.24) is 14.5 Å². The number of benzene rings is 3. The molecule has 1 atom stereocenters. The number of amides is 1. The number of rotatable bonds is 14. The van der Waals surface area contributed by atoms with E-state index in [0.29, 0.717) is 74.2 Å². The van der Waals surface area contributed by atoms with Crippen molar-refractivity contribution in [2.45, 2.75) is 70.8 Å². The van der Waals surface area contributed by atoms with Gasteiger partial charge in [0, 0.05) is 23.8 Å². The van der Waals surface area contributed by atoms with Crippen LogP contribution in [0.5, 0.6) is 17.2 Å². The van der Waals surface area contributed by atoms with Crippen molar-refractivity contribution in [3.63, 3.8) is 0 Å². The summed E-state index contributed by atoms with van der Waals surface area (Å²) in [5, 5.41) is 1.35. The van der Waals surface area contributed by atoms with Crippen LogP contribution in [0.15, 0.2) is 58.3 Å². The lowest BCUT2D eigenvalue weighted by atomic mass is 10.1. The smallest absolute Gasteiger partial charge is 0.266 e. The monoisotopic (exact) mass is 690 g/mol. The van der Waals surface area contributed by atoms with Gasteiger partial charge in [0.15, 0.2) is 11.5 Å². The third-order valence-electron chi connectivity index (χ3n) is 8.93. The van der Waals surface area contributed by atoms with Crippen LogP contribution in [-0.2, 0) is 0 Å². The van der Waals surface area contributed by atoms with Gasteiger partial charge in [-0.1, -0.05) is 55.3 Å². The normalized spacial score (nSPS) is 15.4. The Labute approximate surface area is 290 Å². The molecule has 3 aromatic carbocycles. The zero-order valence-electron chi connectivity index (χ0n) is 27.3. The number of aliphatic imine (C=N–C) groups is 1. The number of methoxy groups -OCH3 is 1. The van der Waals surface area contributed by atoms with E-state index in [1.165, 1.54) is 4.57 Å². The van der Waals surface area contributed by atoms with Crippen molar-refractivity contribution in [1.29, 1.82) is 0 Å². The highest BCUT2D eigenvalue weighted by Gasteiger charge is 2.32. The maximum atomic E-state index is 13.4. The minimum absolute atomic E-state index is 0.00938. The third-order valence-corrected chi connectivity index (χ3v) is 9.47. The molecule has 0 N–H and O–H groups in total. The molecule has 3 heterocycles. The minimum Gasteiger partial charge on any atom is -0.494 e. The number of carbonyl (C=O) groups excluding carboxylic acids is 1. The maximum Gasteiger partial charge on any atom is 0.266 e. The van der Waals surface area contributed by atoms with Crippen LogP contribution in [0.2, 0.25) is 10.0 Å². The predicted octanol–water partition coefficient (Wildman–Crippen LogP) is 8.52. The second-order valence-electron chi connectivity index (χ2n) is 12.3. The van der Waals surface area contributed by atoms with Crippen molar-refractivity contribution in [2.24, 2.45) is 4.99 Å². The Bertz CT molecular complexity index is 1890. The molecule has 6 rings (SSSR count). The Kier molecular flexibility index (Phi) is 10.9. The summed E-state index contributed by atoms with van der Waals surface area (Å²) in [6, 6.07) is 14.1. The highest BCUT2D eigenvalue weighted by atomic mass is 35.5. The Balaban J connectivity index is 0.910. The fraction of sp³-hybridized carbons (Fsp3) is 0.405. The van der Waals surface area contributed by atoms with Crippen LogP contribution in [0.3, 0.4) is 0 Å². The van der Waals surface area contributed by atoms with Crippen LogP contribution in [0, 0.1) is 6.92 Å². The van der Waals surface area contributed by atoms with Gasteiger partial charge in [-0.2, -0.15) is 0 Å². The molecule has 2 aliphatic rings. The molecule has 1 aromatic heterocycles. The Morgan fingerprint density at radius 2 is 1.62 bits per heavy atom. The largest absolute Gasteiger partial charge is 0.494 e. The van der Waals surface area contributed by atoms with Gasteiger partial charge in [0.25, 0.3) is 11.5 Å². The van der Waals surface area contributed by atoms with E-state index in [-0.39, 0.29) is 17.5 Å². The first-order valence-corrected chi connectivity index (χ1v) is 17.4. The van der Waals surface area contributed by atoms with Crippen LogP contribution >= 0.6 is 23.2 Å². The number of nitrogens with zero attached hydrogens (tertiary/aromatic N) is 4. The van der Waals surface area contributed by atoms with Gasteiger partial charge in [0.1, 0.15) is 11.6 Å². The first-order valence-electron chi connectivity index (χ1n) is 16.7. The summed E-state index contributed by atoms with van der Waals surface area (Å²) in [7, 11) is 1.60. The Morgan fingerprint density at radius 3 is 2.38 bits per heavy atom. The number of unbranched alkanes of at least 4 members (excludes halogenated alkanes) is 6. The Hall–Kier alpha value is -4.08. The number of ether oxygens (including phenoxy) is 3. The average molecular weight is 692 g/mol. The highest BCUT2D eigenvalue weighted by Crippen LogP contribution is 2.38.